The molecule has 0 saturated carbocycles. The first-order valence-electron chi connectivity index (χ1n) is 7.40. The van der Waals surface area contributed by atoms with E-state index in [-0.39, 0.29) is 0 Å². The smallest absolute Gasteiger partial charge is 0.374 e. The molecule has 0 aliphatic carbocycles. The first kappa shape index (κ1) is 21.3. The van der Waals surface area contributed by atoms with E-state index in [1.807, 2.05) is 20.8 Å². The van der Waals surface area contributed by atoms with Gasteiger partial charge in [-0.25, -0.2) is 0 Å². The maximum absolute atomic E-state index is 5.82. The van der Waals surface area contributed by atoms with Gasteiger partial charge in [-0.3, -0.25) is 0 Å². The molecule has 6 heteroatoms. The van der Waals surface area contributed by atoms with E-state index in [0.29, 0.717) is 38.5 Å². The van der Waals surface area contributed by atoms with E-state index in [4.69, 9.17) is 24.7 Å². The Bertz CT molecular complexity index is 166. The highest BCUT2D eigenvalue weighted by molar-refractivity contribution is 6.62. The van der Waals surface area contributed by atoms with Crippen LogP contribution < -0.4 is 11.5 Å². The molecule has 0 spiro atoms. The summed E-state index contributed by atoms with van der Waals surface area (Å²) in [7, 11) is -2.42. The van der Waals surface area contributed by atoms with Gasteiger partial charge in [0.05, 0.1) is 0 Å². The summed E-state index contributed by atoms with van der Waals surface area (Å²) in [6.45, 7) is 13.5. The molecule has 0 aromatic carbocycles. The van der Waals surface area contributed by atoms with Crippen molar-refractivity contribution in [2.24, 2.45) is 11.5 Å². The van der Waals surface area contributed by atoms with Crippen LogP contribution in [0.2, 0.25) is 5.54 Å². The van der Waals surface area contributed by atoms with Gasteiger partial charge in [0.1, 0.15) is 0 Å². The van der Waals surface area contributed by atoms with Crippen molar-refractivity contribution >= 4 is 8.80 Å². The predicted octanol–water partition coefficient (Wildman–Crippen LogP) is 2.13. The van der Waals surface area contributed by atoms with Gasteiger partial charge < -0.3 is 24.7 Å². The summed E-state index contributed by atoms with van der Waals surface area (Å²) in [6, 6.07) is 0. The summed E-state index contributed by atoms with van der Waals surface area (Å²) in [4.78, 5) is 0. The third-order valence-corrected chi connectivity index (χ3v) is 6.10. The van der Waals surface area contributed by atoms with Crippen LogP contribution in [0.4, 0.5) is 0 Å². The lowest BCUT2D eigenvalue weighted by Crippen LogP contribution is -2.49. The minimum absolute atomic E-state index is 0.391. The van der Waals surface area contributed by atoms with Crippen molar-refractivity contribution in [3.63, 3.8) is 0 Å². The normalized spacial score (nSPS) is 12.8. The summed E-state index contributed by atoms with van der Waals surface area (Å²) in [5.74, 6) is 0. The molecule has 118 valence electrons. The summed E-state index contributed by atoms with van der Waals surface area (Å²) in [6.07, 6.45) is 2.25. The second kappa shape index (κ2) is 14.4. The molecule has 0 aromatic rings. The molecule has 0 aromatic heterocycles. The summed E-state index contributed by atoms with van der Waals surface area (Å²) < 4.78 is 17.5. The lowest BCUT2D eigenvalue weighted by molar-refractivity contribution is 0.0614. The Labute approximate surface area is 120 Å². The molecule has 0 rings (SSSR count). The molecular formula is C13H34N2O3Si. The van der Waals surface area contributed by atoms with E-state index in [9.17, 15) is 0 Å². The molecule has 0 fully saturated rings. The average Bonchev–Trinajstić information content (AvgIpc) is 2.40. The zero-order valence-electron chi connectivity index (χ0n) is 13.4. The standard InChI is InChI=1S/C11H26O3Si.C2H8N2/c1-6-10-11(5)15(12-7-2,13-8-3)14-9-4;3-1-2-4/h11H,6-10H2,1-5H3;1-4H2. The molecular weight excluding hydrogens is 260 g/mol. The Hall–Kier alpha value is 0.0169. The van der Waals surface area contributed by atoms with Gasteiger partial charge >= 0.3 is 8.80 Å². The molecule has 1 atom stereocenters. The van der Waals surface area contributed by atoms with Crippen molar-refractivity contribution in [3.05, 3.63) is 0 Å². The summed E-state index contributed by atoms with van der Waals surface area (Å²) in [5.41, 5.74) is 10.2. The Morgan fingerprint density at radius 1 is 0.842 bits per heavy atom. The minimum atomic E-state index is -2.42. The number of hydrogen-bond acceptors (Lipinski definition) is 5. The molecule has 1 unspecified atom stereocenters. The number of hydrogen-bond donors (Lipinski definition) is 2. The average molecular weight is 295 g/mol. The topological polar surface area (TPSA) is 79.7 Å². The maximum Gasteiger partial charge on any atom is 0.503 e. The third-order valence-electron chi connectivity index (χ3n) is 2.53. The van der Waals surface area contributed by atoms with Gasteiger partial charge in [-0.1, -0.05) is 20.3 Å². The van der Waals surface area contributed by atoms with Crippen molar-refractivity contribution < 1.29 is 13.3 Å². The molecule has 0 aliphatic rings. The second-order valence-corrected chi connectivity index (χ2v) is 7.23. The van der Waals surface area contributed by atoms with Crippen LogP contribution >= 0.6 is 0 Å². The molecule has 5 nitrogen and oxygen atoms in total. The predicted molar refractivity (Wildman–Crippen MR) is 83.1 cm³/mol. The van der Waals surface area contributed by atoms with Gasteiger partial charge in [0.2, 0.25) is 0 Å². The highest BCUT2D eigenvalue weighted by Gasteiger charge is 2.45. The van der Waals surface area contributed by atoms with E-state index in [1.54, 1.807) is 0 Å². The van der Waals surface area contributed by atoms with E-state index >= 15 is 0 Å². The van der Waals surface area contributed by atoms with Crippen LogP contribution in [0, 0.1) is 0 Å². The van der Waals surface area contributed by atoms with Gasteiger partial charge in [-0.05, 0) is 27.2 Å². The Morgan fingerprint density at radius 3 is 1.42 bits per heavy atom. The van der Waals surface area contributed by atoms with Crippen LogP contribution in [0.1, 0.15) is 47.5 Å². The lowest BCUT2D eigenvalue weighted by Gasteiger charge is -2.33. The largest absolute Gasteiger partial charge is 0.503 e. The van der Waals surface area contributed by atoms with Crippen LogP contribution in [0.15, 0.2) is 0 Å². The lowest BCUT2D eigenvalue weighted by atomic mass is 10.3. The van der Waals surface area contributed by atoms with E-state index in [1.165, 1.54) is 0 Å². The van der Waals surface area contributed by atoms with Crippen LogP contribution in [0.5, 0.6) is 0 Å². The first-order valence-corrected chi connectivity index (χ1v) is 9.20. The van der Waals surface area contributed by atoms with Crippen LogP contribution in [-0.2, 0) is 13.3 Å². The third kappa shape index (κ3) is 9.54. The maximum atomic E-state index is 5.82. The van der Waals surface area contributed by atoms with Gasteiger partial charge in [-0.2, -0.15) is 0 Å². The SMILES string of the molecule is CCCC(C)[Si](OCC)(OCC)OCC.NCCN. The van der Waals surface area contributed by atoms with Crippen molar-refractivity contribution in [2.75, 3.05) is 32.9 Å². The van der Waals surface area contributed by atoms with Crippen molar-refractivity contribution in [2.45, 2.75) is 53.0 Å². The molecule has 0 aliphatic heterocycles. The number of rotatable bonds is 10. The molecule has 4 N–H and O–H groups in total. The monoisotopic (exact) mass is 294 g/mol. The molecule has 19 heavy (non-hydrogen) atoms. The van der Waals surface area contributed by atoms with E-state index in [0.717, 1.165) is 12.8 Å². The van der Waals surface area contributed by atoms with Crippen LogP contribution in [0.25, 0.3) is 0 Å². The first-order chi connectivity index (χ1) is 9.08. The van der Waals surface area contributed by atoms with Crippen molar-refractivity contribution in [1.82, 2.24) is 0 Å². The van der Waals surface area contributed by atoms with Gasteiger partial charge in [0, 0.05) is 38.5 Å². The van der Waals surface area contributed by atoms with Gasteiger partial charge in [-0.15, -0.1) is 0 Å². The summed E-state index contributed by atoms with van der Waals surface area (Å²) >= 11 is 0. The highest BCUT2D eigenvalue weighted by atomic mass is 28.4. The Balaban J connectivity index is 0. The second-order valence-electron chi connectivity index (χ2n) is 4.17. The van der Waals surface area contributed by atoms with Crippen molar-refractivity contribution in [3.8, 4) is 0 Å². The van der Waals surface area contributed by atoms with E-state index < -0.39 is 8.80 Å². The van der Waals surface area contributed by atoms with Crippen molar-refractivity contribution in [1.29, 1.82) is 0 Å². The number of nitrogens with two attached hydrogens (primary N) is 2. The van der Waals surface area contributed by atoms with Gasteiger partial charge in [0.15, 0.2) is 0 Å². The fraction of sp³-hybridized carbons (Fsp3) is 1.00. The molecule has 0 saturated heterocycles. The quantitative estimate of drug-likeness (QED) is 0.603. The summed E-state index contributed by atoms with van der Waals surface area (Å²) in [5, 5.41) is 0. The Kier molecular flexibility index (Phi) is 16.2. The Morgan fingerprint density at radius 2 is 1.21 bits per heavy atom. The zero-order valence-corrected chi connectivity index (χ0v) is 14.4. The fourth-order valence-corrected chi connectivity index (χ4v) is 4.72. The van der Waals surface area contributed by atoms with Crippen LogP contribution in [-0.4, -0.2) is 41.7 Å². The van der Waals surface area contributed by atoms with Gasteiger partial charge in [0.25, 0.3) is 0 Å². The molecule has 0 heterocycles. The molecule has 0 radical (unpaired) electrons. The van der Waals surface area contributed by atoms with Crippen LogP contribution in [0.3, 0.4) is 0 Å². The highest BCUT2D eigenvalue weighted by Crippen LogP contribution is 2.29. The van der Waals surface area contributed by atoms with E-state index in [2.05, 4.69) is 13.8 Å². The fourth-order valence-electron chi connectivity index (χ4n) is 1.77. The molecule has 0 bridgehead atoms. The zero-order chi connectivity index (χ0) is 15.1. The molecule has 0 amide bonds. The minimum Gasteiger partial charge on any atom is -0.374 e.